The third-order valence-corrected chi connectivity index (χ3v) is 4.84. The maximum atomic E-state index is 12.3. The zero-order chi connectivity index (χ0) is 17.0. The summed E-state index contributed by atoms with van der Waals surface area (Å²) in [4.78, 5) is 0. The van der Waals surface area contributed by atoms with E-state index in [9.17, 15) is 8.42 Å². The molecule has 0 aliphatic rings. The first-order chi connectivity index (χ1) is 11.6. The van der Waals surface area contributed by atoms with Gasteiger partial charge in [0.1, 0.15) is 12.4 Å². The van der Waals surface area contributed by atoms with E-state index in [1.807, 2.05) is 43.3 Å². The number of ether oxygens (including phenoxy) is 1. The second-order valence-corrected chi connectivity index (χ2v) is 6.84. The predicted octanol–water partition coefficient (Wildman–Crippen LogP) is 3.97. The van der Waals surface area contributed by atoms with Gasteiger partial charge in [-0.05, 0) is 48.4 Å². The number of hydrogen-bond donors (Lipinski definition) is 1. The van der Waals surface area contributed by atoms with Crippen molar-refractivity contribution in [3.8, 4) is 5.75 Å². The van der Waals surface area contributed by atoms with Crippen molar-refractivity contribution < 1.29 is 17.6 Å². The van der Waals surface area contributed by atoms with Crippen LogP contribution in [0.15, 0.2) is 76.4 Å². The number of hydrogen-bond acceptors (Lipinski definition) is 4. The lowest BCUT2D eigenvalue weighted by Crippen LogP contribution is -2.13. The van der Waals surface area contributed by atoms with E-state index in [0.29, 0.717) is 12.3 Å². The van der Waals surface area contributed by atoms with Gasteiger partial charge in [-0.2, -0.15) is 8.42 Å². The van der Waals surface area contributed by atoms with Crippen LogP contribution in [0.2, 0.25) is 0 Å². The molecule has 0 amide bonds. The van der Waals surface area contributed by atoms with E-state index in [4.69, 9.17) is 9.15 Å². The highest BCUT2D eigenvalue weighted by Crippen LogP contribution is 2.24. The van der Waals surface area contributed by atoms with Crippen LogP contribution in [-0.2, 0) is 16.6 Å². The van der Waals surface area contributed by atoms with Crippen LogP contribution in [0.5, 0.6) is 5.75 Å². The van der Waals surface area contributed by atoms with Gasteiger partial charge in [0, 0.05) is 0 Å². The molecule has 0 saturated carbocycles. The number of benzene rings is 2. The number of rotatable bonds is 6. The minimum absolute atomic E-state index is 0.118. The lowest BCUT2D eigenvalue weighted by Gasteiger charge is -2.13. The summed E-state index contributed by atoms with van der Waals surface area (Å²) in [7, 11) is -3.73. The van der Waals surface area contributed by atoms with Crippen LogP contribution in [0.1, 0.15) is 11.1 Å². The highest BCUT2D eigenvalue weighted by Gasteiger charge is 2.18. The van der Waals surface area contributed by atoms with Crippen LogP contribution in [0.3, 0.4) is 0 Å². The lowest BCUT2D eigenvalue weighted by molar-refractivity contribution is 0.305. The first kappa shape index (κ1) is 16.1. The monoisotopic (exact) mass is 343 g/mol. The topological polar surface area (TPSA) is 68.5 Å². The average molecular weight is 343 g/mol. The molecule has 1 N–H and O–H groups in total. The smallest absolute Gasteiger partial charge is 0.295 e. The van der Waals surface area contributed by atoms with E-state index in [-0.39, 0.29) is 5.09 Å². The van der Waals surface area contributed by atoms with Gasteiger partial charge in [-0.3, -0.25) is 4.72 Å². The summed E-state index contributed by atoms with van der Waals surface area (Å²) >= 11 is 0. The summed E-state index contributed by atoms with van der Waals surface area (Å²) in [6.45, 7) is 2.20. The molecule has 5 nitrogen and oxygen atoms in total. The first-order valence-electron chi connectivity index (χ1n) is 7.39. The second-order valence-electron chi connectivity index (χ2n) is 5.23. The van der Waals surface area contributed by atoms with Crippen molar-refractivity contribution in [2.75, 3.05) is 4.72 Å². The number of para-hydroxylation sites is 1. The van der Waals surface area contributed by atoms with Crippen LogP contribution in [0.4, 0.5) is 5.69 Å². The molecule has 0 spiro atoms. The molecule has 124 valence electrons. The molecule has 0 saturated heterocycles. The number of furan rings is 1. The van der Waals surface area contributed by atoms with Crippen LogP contribution < -0.4 is 9.46 Å². The fourth-order valence-corrected chi connectivity index (χ4v) is 3.29. The van der Waals surface area contributed by atoms with Crippen molar-refractivity contribution in [3.05, 3.63) is 78.1 Å². The maximum Gasteiger partial charge on any atom is 0.295 e. The van der Waals surface area contributed by atoms with E-state index in [2.05, 4.69) is 4.72 Å². The van der Waals surface area contributed by atoms with Crippen LogP contribution in [0, 0.1) is 6.92 Å². The molecule has 0 bridgehead atoms. The standard InChI is InChI=1S/C18H17NO4S/c1-14-15(13-23-16-8-3-2-4-9-16)7-5-10-17(14)19-24(20,21)18-11-6-12-22-18/h2-12,19H,13H2,1H3. The Labute approximate surface area is 140 Å². The molecule has 6 heteroatoms. The van der Waals surface area contributed by atoms with Crippen molar-refractivity contribution >= 4 is 15.7 Å². The van der Waals surface area contributed by atoms with Crippen molar-refractivity contribution in [2.24, 2.45) is 0 Å². The van der Waals surface area contributed by atoms with E-state index in [1.165, 1.54) is 18.4 Å². The first-order valence-corrected chi connectivity index (χ1v) is 8.87. The lowest BCUT2D eigenvalue weighted by atomic mass is 10.1. The Hall–Kier alpha value is -2.73. The molecule has 3 rings (SSSR count). The van der Waals surface area contributed by atoms with Crippen molar-refractivity contribution in [1.82, 2.24) is 0 Å². The van der Waals surface area contributed by atoms with E-state index < -0.39 is 10.0 Å². The normalized spacial score (nSPS) is 11.2. The molecule has 0 unspecified atom stereocenters. The van der Waals surface area contributed by atoms with Gasteiger partial charge in [0.25, 0.3) is 10.0 Å². The van der Waals surface area contributed by atoms with Gasteiger partial charge >= 0.3 is 0 Å². The SMILES string of the molecule is Cc1c(COc2ccccc2)cccc1NS(=O)(=O)c1ccco1. The molecular weight excluding hydrogens is 326 g/mol. The van der Waals surface area contributed by atoms with Gasteiger partial charge in [-0.15, -0.1) is 0 Å². The minimum Gasteiger partial charge on any atom is -0.489 e. The van der Waals surface area contributed by atoms with Gasteiger partial charge in [0.15, 0.2) is 0 Å². The molecule has 2 aromatic carbocycles. The summed E-state index contributed by atoms with van der Waals surface area (Å²) in [6, 6.07) is 17.8. The van der Waals surface area contributed by atoms with Crippen LogP contribution in [-0.4, -0.2) is 8.42 Å². The van der Waals surface area contributed by atoms with E-state index in [1.54, 1.807) is 12.1 Å². The average Bonchev–Trinajstić information content (AvgIpc) is 3.12. The largest absolute Gasteiger partial charge is 0.489 e. The predicted molar refractivity (Wildman–Crippen MR) is 91.5 cm³/mol. The summed E-state index contributed by atoms with van der Waals surface area (Å²) in [5, 5.41) is -0.118. The molecule has 1 heterocycles. The second kappa shape index (κ2) is 6.80. The highest BCUT2D eigenvalue weighted by atomic mass is 32.2. The molecule has 1 aromatic heterocycles. The Kier molecular flexibility index (Phi) is 4.57. The maximum absolute atomic E-state index is 12.3. The number of nitrogens with one attached hydrogen (secondary N) is 1. The summed E-state index contributed by atoms with van der Waals surface area (Å²) < 4.78 is 37.8. The number of anilines is 1. The van der Waals surface area contributed by atoms with Gasteiger partial charge in [0.05, 0.1) is 12.0 Å². The Bertz CT molecular complexity index is 903. The zero-order valence-corrected chi connectivity index (χ0v) is 13.9. The molecule has 3 aromatic rings. The Morgan fingerprint density at radius 1 is 1.00 bits per heavy atom. The Balaban J connectivity index is 1.78. The molecule has 0 radical (unpaired) electrons. The molecule has 0 atom stereocenters. The van der Waals surface area contributed by atoms with Crippen molar-refractivity contribution in [3.63, 3.8) is 0 Å². The van der Waals surface area contributed by atoms with Crippen LogP contribution >= 0.6 is 0 Å². The molecular formula is C18H17NO4S. The van der Waals surface area contributed by atoms with Gasteiger partial charge in [0.2, 0.25) is 5.09 Å². The van der Waals surface area contributed by atoms with Crippen molar-refractivity contribution in [2.45, 2.75) is 18.6 Å². The fourth-order valence-electron chi connectivity index (χ4n) is 2.24. The summed E-state index contributed by atoms with van der Waals surface area (Å²) in [5.41, 5.74) is 2.21. The van der Waals surface area contributed by atoms with E-state index in [0.717, 1.165) is 16.9 Å². The quantitative estimate of drug-likeness (QED) is 0.735. The molecule has 24 heavy (non-hydrogen) atoms. The number of sulfonamides is 1. The molecule has 0 fully saturated rings. The zero-order valence-electron chi connectivity index (χ0n) is 13.1. The Morgan fingerprint density at radius 2 is 1.79 bits per heavy atom. The summed E-state index contributed by atoms with van der Waals surface area (Å²) in [6.07, 6.45) is 1.32. The van der Waals surface area contributed by atoms with Crippen LogP contribution in [0.25, 0.3) is 0 Å². The minimum atomic E-state index is -3.73. The molecule has 0 aliphatic heterocycles. The van der Waals surface area contributed by atoms with Gasteiger partial charge in [-0.25, -0.2) is 0 Å². The fraction of sp³-hybridized carbons (Fsp3) is 0.111. The Morgan fingerprint density at radius 3 is 2.50 bits per heavy atom. The highest BCUT2D eigenvalue weighted by molar-refractivity contribution is 7.92. The summed E-state index contributed by atoms with van der Waals surface area (Å²) in [5.74, 6) is 0.762. The van der Waals surface area contributed by atoms with Gasteiger partial charge < -0.3 is 9.15 Å². The van der Waals surface area contributed by atoms with Crippen molar-refractivity contribution in [1.29, 1.82) is 0 Å². The third kappa shape index (κ3) is 3.60. The third-order valence-electron chi connectivity index (χ3n) is 3.59. The van der Waals surface area contributed by atoms with Gasteiger partial charge in [-0.1, -0.05) is 30.3 Å². The molecule has 0 aliphatic carbocycles. The van der Waals surface area contributed by atoms with E-state index >= 15 is 0 Å².